The standard InChI is InChI=1S/C11H11.2ClH.Zr/c1-8-7-10-5-3-4-6-11(10)9(8)2;;;/h3-6,9H,1-2H3;2*1H;/q-1;;;+3/p-2. The largest absolute Gasteiger partial charge is 3.00 e. The van der Waals surface area contributed by atoms with Gasteiger partial charge >= 0.3 is 26.2 Å². The number of allylic oxidation sites excluding steroid dienone is 1. The Morgan fingerprint density at radius 1 is 1.14 bits per heavy atom. The van der Waals surface area contributed by atoms with Gasteiger partial charge in [-0.3, -0.25) is 0 Å². The van der Waals surface area contributed by atoms with Crippen molar-refractivity contribution in [3.8, 4) is 0 Å². The minimum atomic E-state index is 0. The molecule has 3 heteroatoms. The number of benzene rings is 1. The predicted molar refractivity (Wildman–Crippen MR) is 46.4 cm³/mol. The van der Waals surface area contributed by atoms with Gasteiger partial charge in [0.2, 0.25) is 0 Å². The first-order valence-electron chi connectivity index (χ1n) is 3.98. The second-order valence-electron chi connectivity index (χ2n) is 3.12. The summed E-state index contributed by atoms with van der Waals surface area (Å²) in [7, 11) is 0. The van der Waals surface area contributed by atoms with Crippen LogP contribution in [0.1, 0.15) is 30.9 Å². The maximum Gasteiger partial charge on any atom is 3.00 e. The van der Waals surface area contributed by atoms with Crippen molar-refractivity contribution in [2.75, 3.05) is 0 Å². The molecule has 1 aromatic rings. The van der Waals surface area contributed by atoms with Gasteiger partial charge in [0, 0.05) is 0 Å². The topological polar surface area (TPSA) is 0 Å². The van der Waals surface area contributed by atoms with E-state index in [0.717, 1.165) is 0 Å². The zero-order chi connectivity index (χ0) is 7.84. The van der Waals surface area contributed by atoms with Crippen LogP contribution in [0.3, 0.4) is 0 Å². The van der Waals surface area contributed by atoms with Gasteiger partial charge in [0.1, 0.15) is 0 Å². The molecule has 1 aliphatic carbocycles. The van der Waals surface area contributed by atoms with Crippen LogP contribution in [0.15, 0.2) is 29.8 Å². The van der Waals surface area contributed by atoms with Crippen LogP contribution in [0, 0.1) is 6.08 Å². The molecule has 0 nitrogen and oxygen atoms in total. The molecule has 0 bridgehead atoms. The molecule has 0 aliphatic heterocycles. The normalized spacial score (nSPS) is 16.7. The van der Waals surface area contributed by atoms with Crippen LogP contribution < -0.4 is 24.8 Å². The quantitative estimate of drug-likeness (QED) is 0.446. The molecular weight excluding hydrogens is 294 g/mol. The van der Waals surface area contributed by atoms with Crippen molar-refractivity contribution < 1.29 is 51.0 Å². The number of hydrogen-bond donors (Lipinski definition) is 0. The van der Waals surface area contributed by atoms with Gasteiger partial charge in [-0.25, -0.2) is 0 Å². The van der Waals surface area contributed by atoms with Crippen molar-refractivity contribution in [2.45, 2.75) is 19.8 Å². The van der Waals surface area contributed by atoms with E-state index in [-0.39, 0.29) is 51.0 Å². The maximum absolute atomic E-state index is 3.36. The predicted octanol–water partition coefficient (Wildman–Crippen LogP) is -3.09. The van der Waals surface area contributed by atoms with Crippen LogP contribution in [-0.2, 0) is 26.2 Å². The Balaban J connectivity index is 0. The van der Waals surface area contributed by atoms with Crippen LogP contribution in [0.4, 0.5) is 0 Å². The summed E-state index contributed by atoms with van der Waals surface area (Å²) in [6, 6.07) is 8.47. The van der Waals surface area contributed by atoms with Crippen molar-refractivity contribution in [1.29, 1.82) is 0 Å². The van der Waals surface area contributed by atoms with Gasteiger partial charge in [-0.15, -0.1) is 23.3 Å². The molecule has 0 fully saturated rings. The third kappa shape index (κ3) is 2.95. The molecule has 1 aliphatic rings. The number of rotatable bonds is 0. The Bertz CT molecular complexity index is 321. The van der Waals surface area contributed by atoms with Crippen molar-refractivity contribution in [3.05, 3.63) is 47.0 Å². The van der Waals surface area contributed by atoms with Crippen molar-refractivity contribution >= 4 is 0 Å². The van der Waals surface area contributed by atoms with E-state index in [1.54, 1.807) is 0 Å². The van der Waals surface area contributed by atoms with E-state index in [1.807, 2.05) is 0 Å². The third-order valence-corrected chi connectivity index (χ3v) is 2.41. The molecule has 0 amide bonds. The van der Waals surface area contributed by atoms with Crippen molar-refractivity contribution in [1.82, 2.24) is 0 Å². The third-order valence-electron chi connectivity index (χ3n) is 2.41. The smallest absolute Gasteiger partial charge is 1.00 e. The van der Waals surface area contributed by atoms with E-state index in [9.17, 15) is 0 Å². The molecule has 0 N–H and O–H groups in total. The van der Waals surface area contributed by atoms with Gasteiger partial charge < -0.3 is 24.8 Å². The summed E-state index contributed by atoms with van der Waals surface area (Å²) < 4.78 is 0. The van der Waals surface area contributed by atoms with Gasteiger partial charge in [-0.05, 0) is 0 Å². The Morgan fingerprint density at radius 3 is 2.29 bits per heavy atom. The molecule has 1 unspecified atom stereocenters. The van der Waals surface area contributed by atoms with Crippen molar-refractivity contribution in [2.24, 2.45) is 0 Å². The van der Waals surface area contributed by atoms with E-state index >= 15 is 0 Å². The molecule has 1 radical (unpaired) electrons. The molecule has 0 saturated heterocycles. The van der Waals surface area contributed by atoms with E-state index in [1.165, 1.54) is 16.7 Å². The molecule has 0 saturated carbocycles. The van der Waals surface area contributed by atoms with Crippen LogP contribution >= 0.6 is 0 Å². The Kier molecular flexibility index (Phi) is 8.21. The summed E-state index contributed by atoms with van der Waals surface area (Å²) in [5.41, 5.74) is 4.05. The summed E-state index contributed by atoms with van der Waals surface area (Å²) in [6.45, 7) is 4.37. The zero-order valence-corrected chi connectivity index (χ0v) is 12.1. The van der Waals surface area contributed by atoms with Crippen molar-refractivity contribution in [3.63, 3.8) is 0 Å². The molecule has 1 atom stereocenters. The molecule has 0 heterocycles. The molecule has 0 aromatic heterocycles. The minimum Gasteiger partial charge on any atom is -1.00 e. The summed E-state index contributed by atoms with van der Waals surface area (Å²) >= 11 is 0. The number of fused-ring (bicyclic) bond motifs is 1. The Hall–Kier alpha value is 0.423. The fraction of sp³-hybridized carbons (Fsp3) is 0.273. The van der Waals surface area contributed by atoms with E-state index in [2.05, 4.69) is 44.2 Å². The fourth-order valence-corrected chi connectivity index (χ4v) is 1.54. The van der Waals surface area contributed by atoms with E-state index in [4.69, 9.17) is 0 Å². The van der Waals surface area contributed by atoms with Crippen LogP contribution in [0.25, 0.3) is 0 Å². The SMILES string of the molecule is CC1=[C-]c2ccccc2C1C.[Cl-].[Cl-].[Zr+3]. The second-order valence-corrected chi connectivity index (χ2v) is 3.12. The molecular formula is C11H11Cl2Zr. The average Bonchev–Trinajstić information content (AvgIpc) is 2.30. The Labute approximate surface area is 117 Å². The van der Waals surface area contributed by atoms with Gasteiger partial charge in [0.15, 0.2) is 0 Å². The van der Waals surface area contributed by atoms with E-state index in [0.29, 0.717) is 5.92 Å². The van der Waals surface area contributed by atoms with E-state index < -0.39 is 0 Å². The van der Waals surface area contributed by atoms with Gasteiger partial charge in [-0.1, -0.05) is 25.8 Å². The van der Waals surface area contributed by atoms with Crippen LogP contribution in [-0.4, -0.2) is 0 Å². The molecule has 14 heavy (non-hydrogen) atoms. The number of hydrogen-bond acceptors (Lipinski definition) is 0. The summed E-state index contributed by atoms with van der Waals surface area (Å²) in [5, 5.41) is 0. The molecule has 1 aromatic carbocycles. The van der Waals surface area contributed by atoms with Gasteiger partial charge in [0.25, 0.3) is 0 Å². The zero-order valence-electron chi connectivity index (χ0n) is 8.14. The second kappa shape index (κ2) is 6.82. The average molecular weight is 305 g/mol. The molecule has 73 valence electrons. The first-order chi connectivity index (χ1) is 5.29. The van der Waals surface area contributed by atoms with Gasteiger partial charge in [0.05, 0.1) is 0 Å². The first kappa shape index (κ1) is 16.8. The van der Waals surface area contributed by atoms with Crippen LogP contribution in [0.2, 0.25) is 0 Å². The monoisotopic (exact) mass is 303 g/mol. The minimum absolute atomic E-state index is 0. The first-order valence-corrected chi connectivity index (χ1v) is 3.98. The van der Waals surface area contributed by atoms with Gasteiger partial charge in [-0.2, -0.15) is 17.7 Å². The number of halogens is 2. The maximum atomic E-state index is 3.36. The van der Waals surface area contributed by atoms with Crippen LogP contribution in [0.5, 0.6) is 0 Å². The fourth-order valence-electron chi connectivity index (χ4n) is 1.54. The summed E-state index contributed by atoms with van der Waals surface area (Å²) in [5.74, 6) is 0.575. The molecule has 2 rings (SSSR count). The molecule has 0 spiro atoms. The summed E-state index contributed by atoms with van der Waals surface area (Å²) in [4.78, 5) is 0. The summed E-state index contributed by atoms with van der Waals surface area (Å²) in [6.07, 6.45) is 3.36. The Morgan fingerprint density at radius 2 is 1.71 bits per heavy atom.